The fourth-order valence-electron chi connectivity index (χ4n) is 2.43. The first-order chi connectivity index (χ1) is 8.81. The Hall–Kier alpha value is -1.13. The highest BCUT2D eigenvalue weighted by molar-refractivity contribution is 9.10. The predicted molar refractivity (Wildman–Crippen MR) is 75.3 cm³/mol. The van der Waals surface area contributed by atoms with E-state index in [-0.39, 0.29) is 0 Å². The van der Waals surface area contributed by atoms with E-state index in [9.17, 15) is 0 Å². The first-order valence-electron chi connectivity index (χ1n) is 6.28. The molecule has 0 bridgehead atoms. The summed E-state index contributed by atoms with van der Waals surface area (Å²) in [7, 11) is 0. The zero-order valence-corrected chi connectivity index (χ0v) is 11.7. The number of rotatable bonds is 4. The molecule has 0 unspecified atom stereocenters. The SMILES string of the molecule is Brc1ccc(C2CC(NCc3ncc[nH]3)C2)cc1. The van der Waals surface area contributed by atoms with Gasteiger partial charge in [-0.15, -0.1) is 0 Å². The van der Waals surface area contributed by atoms with Gasteiger partial charge in [-0.25, -0.2) is 4.98 Å². The standard InChI is InChI=1S/C14H16BrN3/c15-12-3-1-10(2-4-12)11-7-13(8-11)18-9-14-16-5-6-17-14/h1-6,11,13,18H,7-9H2,(H,16,17). The summed E-state index contributed by atoms with van der Waals surface area (Å²) in [5.74, 6) is 1.73. The molecule has 0 saturated heterocycles. The van der Waals surface area contributed by atoms with Crippen LogP contribution in [0.25, 0.3) is 0 Å². The van der Waals surface area contributed by atoms with Gasteiger partial charge >= 0.3 is 0 Å². The second-order valence-electron chi connectivity index (χ2n) is 4.83. The quantitative estimate of drug-likeness (QED) is 0.910. The van der Waals surface area contributed by atoms with E-state index in [0.717, 1.165) is 16.8 Å². The van der Waals surface area contributed by atoms with Crippen molar-refractivity contribution in [1.29, 1.82) is 0 Å². The van der Waals surface area contributed by atoms with Gasteiger partial charge in [0.2, 0.25) is 0 Å². The Morgan fingerprint density at radius 2 is 2.06 bits per heavy atom. The van der Waals surface area contributed by atoms with Crippen LogP contribution in [0.15, 0.2) is 41.1 Å². The number of benzene rings is 1. The molecule has 18 heavy (non-hydrogen) atoms. The van der Waals surface area contributed by atoms with Gasteiger partial charge in [0.25, 0.3) is 0 Å². The first-order valence-corrected chi connectivity index (χ1v) is 7.07. The van der Waals surface area contributed by atoms with Gasteiger partial charge in [-0.2, -0.15) is 0 Å². The maximum absolute atomic E-state index is 4.21. The van der Waals surface area contributed by atoms with Gasteiger partial charge in [0.15, 0.2) is 0 Å². The molecule has 0 atom stereocenters. The molecule has 2 N–H and O–H groups in total. The molecule has 0 spiro atoms. The van der Waals surface area contributed by atoms with Crippen LogP contribution in [0.3, 0.4) is 0 Å². The van der Waals surface area contributed by atoms with Crippen LogP contribution < -0.4 is 5.32 Å². The van der Waals surface area contributed by atoms with Gasteiger partial charge in [0.05, 0.1) is 6.54 Å². The molecule has 0 amide bonds. The Morgan fingerprint density at radius 3 is 2.72 bits per heavy atom. The predicted octanol–water partition coefficient (Wildman–Crippen LogP) is 3.21. The molecule has 4 heteroatoms. The summed E-state index contributed by atoms with van der Waals surface area (Å²) >= 11 is 3.47. The van der Waals surface area contributed by atoms with E-state index in [1.54, 1.807) is 6.20 Å². The van der Waals surface area contributed by atoms with Crippen LogP contribution in [-0.2, 0) is 6.54 Å². The second-order valence-corrected chi connectivity index (χ2v) is 5.75. The maximum Gasteiger partial charge on any atom is 0.120 e. The largest absolute Gasteiger partial charge is 0.348 e. The molecule has 0 radical (unpaired) electrons. The number of aromatic nitrogens is 2. The number of hydrogen-bond acceptors (Lipinski definition) is 2. The first kappa shape index (κ1) is 11.9. The third kappa shape index (κ3) is 2.65. The molecule has 3 rings (SSSR count). The zero-order chi connectivity index (χ0) is 12.4. The number of nitrogens with one attached hydrogen (secondary N) is 2. The minimum absolute atomic E-state index is 0.628. The lowest BCUT2D eigenvalue weighted by Crippen LogP contribution is -2.39. The number of imidazole rings is 1. The fraction of sp³-hybridized carbons (Fsp3) is 0.357. The van der Waals surface area contributed by atoms with Gasteiger partial charge in [-0.1, -0.05) is 28.1 Å². The minimum atomic E-state index is 0.628. The van der Waals surface area contributed by atoms with Gasteiger partial charge in [0.1, 0.15) is 5.82 Å². The van der Waals surface area contributed by atoms with E-state index in [4.69, 9.17) is 0 Å². The molecule has 1 heterocycles. The summed E-state index contributed by atoms with van der Waals surface area (Å²) in [6.07, 6.45) is 6.11. The Labute approximate surface area is 115 Å². The highest BCUT2D eigenvalue weighted by Gasteiger charge is 2.29. The lowest BCUT2D eigenvalue weighted by atomic mass is 9.76. The molecule has 1 saturated carbocycles. The summed E-state index contributed by atoms with van der Waals surface area (Å²) < 4.78 is 1.15. The minimum Gasteiger partial charge on any atom is -0.348 e. The Balaban J connectivity index is 1.47. The average Bonchev–Trinajstić information content (AvgIpc) is 2.82. The molecular formula is C14H16BrN3. The van der Waals surface area contributed by atoms with Crippen molar-refractivity contribution in [1.82, 2.24) is 15.3 Å². The van der Waals surface area contributed by atoms with E-state index < -0.39 is 0 Å². The summed E-state index contributed by atoms with van der Waals surface area (Å²) in [6.45, 7) is 0.838. The molecule has 0 aliphatic heterocycles. The zero-order valence-electron chi connectivity index (χ0n) is 10.1. The molecule has 1 aliphatic rings. The molecule has 1 aromatic carbocycles. The van der Waals surface area contributed by atoms with Crippen LogP contribution in [0, 0.1) is 0 Å². The summed E-state index contributed by atoms with van der Waals surface area (Å²) in [5.41, 5.74) is 1.45. The van der Waals surface area contributed by atoms with Crippen LogP contribution in [-0.4, -0.2) is 16.0 Å². The molecule has 1 aromatic heterocycles. The van der Waals surface area contributed by atoms with E-state index in [2.05, 4.69) is 55.5 Å². The molecule has 1 fully saturated rings. The monoisotopic (exact) mass is 305 g/mol. The highest BCUT2D eigenvalue weighted by atomic mass is 79.9. The highest BCUT2D eigenvalue weighted by Crippen LogP contribution is 2.37. The van der Waals surface area contributed by atoms with E-state index >= 15 is 0 Å². The van der Waals surface area contributed by atoms with Crippen LogP contribution in [0.4, 0.5) is 0 Å². The third-order valence-electron chi connectivity index (χ3n) is 3.59. The van der Waals surface area contributed by atoms with Gasteiger partial charge in [-0.3, -0.25) is 0 Å². The third-order valence-corrected chi connectivity index (χ3v) is 4.12. The summed E-state index contributed by atoms with van der Waals surface area (Å²) in [4.78, 5) is 7.32. The van der Waals surface area contributed by atoms with Crippen molar-refractivity contribution >= 4 is 15.9 Å². The molecule has 1 aliphatic carbocycles. The smallest absolute Gasteiger partial charge is 0.120 e. The average molecular weight is 306 g/mol. The van der Waals surface area contributed by atoms with Crippen molar-refractivity contribution in [3.8, 4) is 0 Å². The van der Waals surface area contributed by atoms with E-state index in [0.29, 0.717) is 12.0 Å². The van der Waals surface area contributed by atoms with Gasteiger partial charge in [0, 0.05) is 22.9 Å². The van der Waals surface area contributed by atoms with Crippen molar-refractivity contribution in [2.75, 3.05) is 0 Å². The number of H-pyrrole nitrogens is 1. The van der Waals surface area contributed by atoms with Gasteiger partial charge < -0.3 is 10.3 Å². The second kappa shape index (κ2) is 5.24. The maximum atomic E-state index is 4.21. The van der Waals surface area contributed by atoms with Crippen molar-refractivity contribution in [3.63, 3.8) is 0 Å². The number of aromatic amines is 1. The van der Waals surface area contributed by atoms with Crippen LogP contribution in [0.5, 0.6) is 0 Å². The number of halogens is 1. The lowest BCUT2D eigenvalue weighted by molar-refractivity contribution is 0.288. The van der Waals surface area contributed by atoms with Crippen LogP contribution in [0.2, 0.25) is 0 Å². The van der Waals surface area contributed by atoms with Gasteiger partial charge in [-0.05, 0) is 36.5 Å². The molecule has 2 aromatic rings. The Kier molecular flexibility index (Phi) is 3.48. The van der Waals surface area contributed by atoms with E-state index in [1.165, 1.54) is 18.4 Å². The molecule has 3 nitrogen and oxygen atoms in total. The Bertz CT molecular complexity index is 486. The lowest BCUT2D eigenvalue weighted by Gasteiger charge is -2.36. The summed E-state index contributed by atoms with van der Waals surface area (Å²) in [6, 6.07) is 9.32. The van der Waals surface area contributed by atoms with Crippen molar-refractivity contribution in [2.24, 2.45) is 0 Å². The van der Waals surface area contributed by atoms with E-state index in [1.807, 2.05) is 6.20 Å². The van der Waals surface area contributed by atoms with Crippen LogP contribution >= 0.6 is 15.9 Å². The van der Waals surface area contributed by atoms with Crippen LogP contribution in [0.1, 0.15) is 30.1 Å². The Morgan fingerprint density at radius 1 is 1.28 bits per heavy atom. The molecular weight excluding hydrogens is 290 g/mol. The van der Waals surface area contributed by atoms with Crippen molar-refractivity contribution < 1.29 is 0 Å². The topological polar surface area (TPSA) is 40.7 Å². The van der Waals surface area contributed by atoms with Crippen molar-refractivity contribution in [2.45, 2.75) is 31.3 Å². The normalized spacial score (nSPS) is 22.7. The molecule has 94 valence electrons. The summed E-state index contributed by atoms with van der Waals surface area (Å²) in [5, 5.41) is 3.53. The number of nitrogens with zero attached hydrogens (tertiary/aromatic N) is 1. The fourth-order valence-corrected chi connectivity index (χ4v) is 2.69. The van der Waals surface area contributed by atoms with Crippen molar-refractivity contribution in [3.05, 3.63) is 52.5 Å². The number of hydrogen-bond donors (Lipinski definition) is 2.